The lowest BCUT2D eigenvalue weighted by molar-refractivity contribution is -0.169. The van der Waals surface area contributed by atoms with E-state index >= 15 is 0 Å². The molecule has 1 aromatic carbocycles. The van der Waals surface area contributed by atoms with Crippen LogP contribution in [0, 0.1) is 0 Å². The van der Waals surface area contributed by atoms with E-state index in [0.29, 0.717) is 30.9 Å². The number of amidine groups is 1. The van der Waals surface area contributed by atoms with Crippen LogP contribution in [0.5, 0.6) is 0 Å². The first-order chi connectivity index (χ1) is 16.6. The number of nitrogens with zero attached hydrogens (tertiary/aromatic N) is 3. The Bertz CT molecular complexity index is 1080. The lowest BCUT2D eigenvalue weighted by Gasteiger charge is -2.52. The lowest BCUT2D eigenvalue weighted by Crippen LogP contribution is -2.69. The zero-order valence-electron chi connectivity index (χ0n) is 18.9. The highest BCUT2D eigenvalue weighted by molar-refractivity contribution is 6.07. The number of benzene rings is 1. The van der Waals surface area contributed by atoms with E-state index in [9.17, 15) is 27.6 Å². The standard InChI is InChI=1S/C23H26F3N5O4/c24-23(25,26)21(33)29-19(27)12-5-6-13-9-30(20(32)16(13)7-12)18-4-2-1-3-17(18)28-22(34)31-14-8-15(31)11-35-10-14/h5-7,14-15,17-18H,1-4,8-11H2,(H,28,34)(H2,27,29,33). The number of hydrogen-bond donors (Lipinski definition) is 2. The Labute approximate surface area is 199 Å². The molecule has 2 bridgehead atoms. The molecule has 4 unspecified atom stereocenters. The Balaban J connectivity index is 1.31. The van der Waals surface area contributed by atoms with Gasteiger partial charge in [-0.05, 0) is 30.9 Å². The molecule has 3 heterocycles. The van der Waals surface area contributed by atoms with Gasteiger partial charge >= 0.3 is 18.1 Å². The van der Waals surface area contributed by atoms with Crippen LogP contribution in [0.4, 0.5) is 18.0 Å². The number of urea groups is 1. The van der Waals surface area contributed by atoms with Gasteiger partial charge in [-0.15, -0.1) is 0 Å². The molecule has 1 aliphatic carbocycles. The normalized spacial score (nSPS) is 28.4. The molecular weight excluding hydrogens is 467 g/mol. The van der Waals surface area contributed by atoms with Crippen LogP contribution in [-0.4, -0.2) is 77.0 Å². The van der Waals surface area contributed by atoms with Crippen LogP contribution in [0.3, 0.4) is 0 Å². The number of nitrogens with one attached hydrogen (secondary N) is 1. The van der Waals surface area contributed by atoms with Gasteiger partial charge in [0.15, 0.2) is 0 Å². The minimum atomic E-state index is -5.13. The minimum absolute atomic E-state index is 0.0663. The highest BCUT2D eigenvalue weighted by atomic mass is 19.4. The highest BCUT2D eigenvalue weighted by Crippen LogP contribution is 2.34. The topological polar surface area (TPSA) is 117 Å². The summed E-state index contributed by atoms with van der Waals surface area (Å²) in [6, 6.07) is 4.10. The first-order valence-electron chi connectivity index (χ1n) is 11.7. The van der Waals surface area contributed by atoms with Crippen molar-refractivity contribution >= 4 is 23.7 Å². The van der Waals surface area contributed by atoms with Gasteiger partial charge in [-0.2, -0.15) is 18.2 Å². The minimum Gasteiger partial charge on any atom is -0.383 e. The smallest absolute Gasteiger partial charge is 0.383 e. The van der Waals surface area contributed by atoms with E-state index < -0.39 is 17.9 Å². The molecule has 5 rings (SSSR count). The summed E-state index contributed by atoms with van der Waals surface area (Å²) in [5, 5.41) is 3.14. The van der Waals surface area contributed by atoms with Crippen LogP contribution in [0.2, 0.25) is 0 Å². The molecule has 4 aliphatic rings. The Morgan fingerprint density at radius 1 is 1.14 bits per heavy atom. The molecule has 3 N–H and O–H groups in total. The first kappa shape index (κ1) is 23.6. The summed E-state index contributed by atoms with van der Waals surface area (Å²) in [5.74, 6) is -3.19. The molecule has 4 amide bonds. The van der Waals surface area contributed by atoms with Crippen LogP contribution in [-0.2, 0) is 16.1 Å². The number of nitrogens with two attached hydrogens (primary N) is 1. The van der Waals surface area contributed by atoms with E-state index in [1.165, 1.54) is 12.1 Å². The van der Waals surface area contributed by atoms with Crippen molar-refractivity contribution in [2.75, 3.05) is 13.2 Å². The molecule has 0 spiro atoms. The molecule has 9 nitrogen and oxygen atoms in total. The van der Waals surface area contributed by atoms with E-state index in [1.807, 2.05) is 4.90 Å². The lowest BCUT2D eigenvalue weighted by atomic mass is 9.88. The number of morpholine rings is 1. The average Bonchev–Trinajstić information content (AvgIpc) is 3.14. The second kappa shape index (κ2) is 8.81. The van der Waals surface area contributed by atoms with Crippen LogP contribution in [0.25, 0.3) is 0 Å². The molecular formula is C23H26F3N5O4. The molecule has 3 fully saturated rings. The fourth-order valence-corrected chi connectivity index (χ4v) is 5.54. The molecule has 1 aromatic rings. The van der Waals surface area contributed by atoms with Gasteiger partial charge in [0.1, 0.15) is 5.84 Å². The van der Waals surface area contributed by atoms with Crippen molar-refractivity contribution in [3.05, 3.63) is 34.9 Å². The third-order valence-electron chi connectivity index (χ3n) is 7.33. The summed E-state index contributed by atoms with van der Waals surface area (Å²) in [6.45, 7) is 1.41. The number of carbonyl (C=O) groups excluding carboxylic acids is 3. The van der Waals surface area contributed by atoms with Crippen molar-refractivity contribution in [1.82, 2.24) is 15.1 Å². The number of aliphatic imine (C=N–C) groups is 1. The summed E-state index contributed by atoms with van der Waals surface area (Å²) in [7, 11) is 0. The highest BCUT2D eigenvalue weighted by Gasteiger charge is 2.47. The SMILES string of the molecule is NC(=NC(=O)C(F)(F)F)c1ccc2c(c1)C(=O)N(C1CCCCC1NC(=O)N1C3COCC1C3)C2. The predicted molar refractivity (Wildman–Crippen MR) is 118 cm³/mol. The van der Waals surface area contributed by atoms with E-state index in [2.05, 4.69) is 10.3 Å². The van der Waals surface area contributed by atoms with Crippen LogP contribution in [0.15, 0.2) is 23.2 Å². The van der Waals surface area contributed by atoms with Gasteiger partial charge < -0.3 is 25.6 Å². The van der Waals surface area contributed by atoms with Gasteiger partial charge in [-0.3, -0.25) is 9.59 Å². The zero-order valence-corrected chi connectivity index (χ0v) is 18.9. The quantitative estimate of drug-likeness (QED) is 0.493. The van der Waals surface area contributed by atoms with Crippen LogP contribution >= 0.6 is 0 Å². The summed E-state index contributed by atoms with van der Waals surface area (Å²) in [4.78, 5) is 43.9. The van der Waals surface area contributed by atoms with Crippen molar-refractivity contribution in [1.29, 1.82) is 0 Å². The first-order valence-corrected chi connectivity index (χ1v) is 11.7. The number of amides is 4. The van der Waals surface area contributed by atoms with E-state index in [1.54, 1.807) is 11.0 Å². The predicted octanol–water partition coefficient (Wildman–Crippen LogP) is 1.93. The van der Waals surface area contributed by atoms with E-state index in [-0.39, 0.29) is 41.7 Å². The monoisotopic (exact) mass is 493 g/mol. The average molecular weight is 493 g/mol. The number of halogens is 3. The van der Waals surface area contributed by atoms with Gasteiger partial charge in [0.2, 0.25) is 0 Å². The molecule has 1 saturated carbocycles. The number of hydrogen-bond acceptors (Lipinski definition) is 4. The maximum absolute atomic E-state index is 13.3. The Morgan fingerprint density at radius 2 is 1.86 bits per heavy atom. The van der Waals surface area contributed by atoms with Gasteiger partial charge in [-0.25, -0.2) is 4.79 Å². The largest absolute Gasteiger partial charge is 0.473 e. The molecule has 12 heteroatoms. The van der Waals surface area contributed by atoms with Gasteiger partial charge in [-0.1, -0.05) is 25.0 Å². The molecule has 3 aliphatic heterocycles. The van der Waals surface area contributed by atoms with Crippen molar-refractivity contribution in [3.8, 4) is 0 Å². The number of ether oxygens (including phenoxy) is 1. The summed E-state index contributed by atoms with van der Waals surface area (Å²) in [6.07, 6.45) is -0.833. The van der Waals surface area contributed by atoms with Crippen molar-refractivity contribution in [2.24, 2.45) is 10.7 Å². The third-order valence-corrected chi connectivity index (χ3v) is 7.33. The number of carbonyl (C=O) groups is 3. The van der Waals surface area contributed by atoms with Gasteiger partial charge in [0, 0.05) is 17.7 Å². The third kappa shape index (κ3) is 4.35. The van der Waals surface area contributed by atoms with Gasteiger partial charge in [0.25, 0.3) is 5.91 Å². The number of fused-ring (bicyclic) bond motifs is 3. The molecule has 35 heavy (non-hydrogen) atoms. The van der Waals surface area contributed by atoms with Crippen molar-refractivity contribution in [3.63, 3.8) is 0 Å². The fraction of sp³-hybridized carbons (Fsp3) is 0.565. The molecule has 2 saturated heterocycles. The summed E-state index contributed by atoms with van der Waals surface area (Å²) < 4.78 is 43.0. The Morgan fingerprint density at radius 3 is 2.54 bits per heavy atom. The number of rotatable bonds is 3. The fourth-order valence-electron chi connectivity index (χ4n) is 5.54. The van der Waals surface area contributed by atoms with Crippen LogP contribution < -0.4 is 11.1 Å². The maximum atomic E-state index is 13.3. The summed E-state index contributed by atoms with van der Waals surface area (Å²) in [5.41, 5.74) is 6.70. The second-order valence-electron chi connectivity index (χ2n) is 9.50. The number of alkyl halides is 3. The maximum Gasteiger partial charge on any atom is 0.473 e. The molecule has 188 valence electrons. The zero-order chi connectivity index (χ0) is 24.9. The summed E-state index contributed by atoms with van der Waals surface area (Å²) >= 11 is 0. The second-order valence-corrected chi connectivity index (χ2v) is 9.50. The molecule has 4 atom stereocenters. The van der Waals surface area contributed by atoms with E-state index in [4.69, 9.17) is 10.5 Å². The van der Waals surface area contributed by atoms with Gasteiger partial charge in [0.05, 0.1) is 37.4 Å². The van der Waals surface area contributed by atoms with E-state index in [0.717, 1.165) is 32.1 Å². The van der Waals surface area contributed by atoms with Crippen molar-refractivity contribution < 1.29 is 32.3 Å². The molecule has 0 aromatic heterocycles. The van der Waals surface area contributed by atoms with Crippen molar-refractivity contribution in [2.45, 2.75) is 69.0 Å². The molecule has 0 radical (unpaired) electrons. The van der Waals surface area contributed by atoms with Crippen LogP contribution in [0.1, 0.15) is 53.6 Å². The Hall–Kier alpha value is -3.15. The Kier molecular flexibility index (Phi) is 5.94.